The average Bonchev–Trinajstić information content (AvgIpc) is 2.92. The van der Waals surface area contributed by atoms with Gasteiger partial charge in [-0.25, -0.2) is 0 Å². The molecule has 1 heterocycles. The maximum absolute atomic E-state index is 12.3. The van der Waals surface area contributed by atoms with Crippen molar-refractivity contribution in [2.24, 2.45) is 0 Å². The molecule has 1 aromatic heterocycles. The van der Waals surface area contributed by atoms with Crippen molar-refractivity contribution >= 4 is 5.91 Å². The number of hydrogen-bond donors (Lipinski definition) is 1. The molecule has 1 aliphatic rings. The zero-order chi connectivity index (χ0) is 16.2. The average molecular weight is 319 g/mol. The van der Waals surface area contributed by atoms with Gasteiger partial charge in [-0.3, -0.25) is 9.48 Å². The number of halogens is 3. The van der Waals surface area contributed by atoms with Crippen molar-refractivity contribution in [1.29, 1.82) is 0 Å². The number of hydrogen-bond acceptors (Lipinski definition) is 3. The van der Waals surface area contributed by atoms with Crippen LogP contribution >= 0.6 is 0 Å². The van der Waals surface area contributed by atoms with E-state index in [4.69, 9.17) is 4.74 Å². The summed E-state index contributed by atoms with van der Waals surface area (Å²) in [6, 6.07) is 0. The summed E-state index contributed by atoms with van der Waals surface area (Å²) in [6.07, 6.45) is 2.88. The van der Waals surface area contributed by atoms with Gasteiger partial charge in [0.25, 0.3) is 5.91 Å². The highest BCUT2D eigenvalue weighted by Crippen LogP contribution is 2.30. The van der Waals surface area contributed by atoms with E-state index in [1.807, 2.05) is 0 Å². The second-order valence-electron chi connectivity index (χ2n) is 5.67. The van der Waals surface area contributed by atoms with Gasteiger partial charge in [-0.15, -0.1) is 0 Å². The predicted molar refractivity (Wildman–Crippen MR) is 73.4 cm³/mol. The molecule has 1 amide bonds. The number of nitrogens with one attached hydrogen (secondary N) is 1. The summed E-state index contributed by atoms with van der Waals surface area (Å²) in [6.45, 7) is -0.852. The van der Waals surface area contributed by atoms with Crippen LogP contribution in [0.15, 0.2) is 12.4 Å². The summed E-state index contributed by atoms with van der Waals surface area (Å²) >= 11 is 0. The SMILES string of the molecule is COC1(CNC(=O)c2cnn(CC(F)(F)F)c2)CCCCC1. The van der Waals surface area contributed by atoms with Crippen molar-refractivity contribution < 1.29 is 22.7 Å². The van der Waals surface area contributed by atoms with Crippen LogP contribution in [0.1, 0.15) is 42.5 Å². The molecule has 1 N–H and O–H groups in total. The molecule has 1 aliphatic carbocycles. The number of carbonyl (C=O) groups excluding carboxylic acids is 1. The van der Waals surface area contributed by atoms with Crippen LogP contribution in [0.5, 0.6) is 0 Å². The third kappa shape index (κ3) is 4.46. The van der Waals surface area contributed by atoms with Gasteiger partial charge < -0.3 is 10.1 Å². The fraction of sp³-hybridized carbons (Fsp3) is 0.714. The van der Waals surface area contributed by atoms with E-state index in [2.05, 4.69) is 10.4 Å². The molecule has 0 saturated heterocycles. The molecular formula is C14H20F3N3O2. The molecule has 5 nitrogen and oxygen atoms in total. The first-order valence-corrected chi connectivity index (χ1v) is 7.26. The van der Waals surface area contributed by atoms with Crippen LogP contribution in [-0.2, 0) is 11.3 Å². The molecule has 0 unspecified atom stereocenters. The normalized spacial score (nSPS) is 18.2. The summed E-state index contributed by atoms with van der Waals surface area (Å²) in [5.41, 5.74) is -0.248. The molecule has 0 atom stereocenters. The molecule has 0 aromatic carbocycles. The van der Waals surface area contributed by atoms with Crippen LogP contribution in [-0.4, -0.2) is 41.1 Å². The second kappa shape index (κ2) is 6.68. The van der Waals surface area contributed by atoms with Crippen LogP contribution in [0, 0.1) is 0 Å². The predicted octanol–water partition coefficient (Wildman–Crippen LogP) is 2.52. The van der Waals surface area contributed by atoms with E-state index < -0.39 is 18.6 Å². The Bertz CT molecular complexity index is 508. The minimum Gasteiger partial charge on any atom is -0.376 e. The fourth-order valence-corrected chi connectivity index (χ4v) is 2.74. The van der Waals surface area contributed by atoms with Gasteiger partial charge in [0.15, 0.2) is 0 Å². The number of rotatable bonds is 5. The molecule has 22 heavy (non-hydrogen) atoms. The molecule has 0 spiro atoms. The number of nitrogens with zero attached hydrogens (tertiary/aromatic N) is 2. The molecular weight excluding hydrogens is 299 g/mol. The highest BCUT2D eigenvalue weighted by molar-refractivity contribution is 5.93. The first kappa shape index (κ1) is 16.8. The lowest BCUT2D eigenvalue weighted by Gasteiger charge is -2.36. The van der Waals surface area contributed by atoms with Crippen LogP contribution < -0.4 is 5.32 Å². The van der Waals surface area contributed by atoms with Crippen molar-refractivity contribution in [2.75, 3.05) is 13.7 Å². The number of methoxy groups -OCH3 is 1. The summed E-state index contributed by atoms with van der Waals surface area (Å²) in [5.74, 6) is -0.435. The smallest absolute Gasteiger partial charge is 0.376 e. The molecule has 1 saturated carbocycles. The minimum atomic E-state index is -4.36. The second-order valence-corrected chi connectivity index (χ2v) is 5.67. The molecule has 1 fully saturated rings. The third-order valence-electron chi connectivity index (χ3n) is 4.01. The van der Waals surface area contributed by atoms with Gasteiger partial charge >= 0.3 is 6.18 Å². The molecule has 2 rings (SSSR count). The van der Waals surface area contributed by atoms with Crippen molar-refractivity contribution in [2.45, 2.75) is 50.4 Å². The highest BCUT2D eigenvalue weighted by atomic mass is 19.4. The Morgan fingerprint density at radius 2 is 2.09 bits per heavy atom. The number of amides is 1. The number of alkyl halides is 3. The van der Waals surface area contributed by atoms with Crippen molar-refractivity contribution in [3.63, 3.8) is 0 Å². The molecule has 0 bridgehead atoms. The van der Waals surface area contributed by atoms with Crippen LogP contribution in [0.2, 0.25) is 0 Å². The quantitative estimate of drug-likeness (QED) is 0.907. The Hall–Kier alpha value is -1.57. The van der Waals surface area contributed by atoms with E-state index in [1.54, 1.807) is 7.11 Å². The summed E-state index contributed by atoms with van der Waals surface area (Å²) < 4.78 is 43.0. The van der Waals surface area contributed by atoms with E-state index in [0.717, 1.165) is 44.5 Å². The zero-order valence-electron chi connectivity index (χ0n) is 12.4. The summed E-state index contributed by atoms with van der Waals surface area (Å²) in [7, 11) is 1.62. The standard InChI is InChI=1S/C14H20F3N3O2/c1-22-13(5-3-2-4-6-13)9-18-12(21)11-7-19-20(8-11)10-14(15,16)17/h7-8H,2-6,9-10H2,1H3,(H,18,21). The highest BCUT2D eigenvalue weighted by Gasteiger charge is 2.32. The van der Waals surface area contributed by atoms with Crippen LogP contribution in [0.4, 0.5) is 13.2 Å². The molecule has 1 aromatic rings. The van der Waals surface area contributed by atoms with Gasteiger partial charge in [-0.1, -0.05) is 19.3 Å². The minimum absolute atomic E-state index is 0.117. The fourth-order valence-electron chi connectivity index (χ4n) is 2.74. The monoisotopic (exact) mass is 319 g/mol. The van der Waals surface area contributed by atoms with Gasteiger partial charge in [0.05, 0.1) is 17.4 Å². The van der Waals surface area contributed by atoms with Crippen molar-refractivity contribution in [3.05, 3.63) is 18.0 Å². The van der Waals surface area contributed by atoms with Crippen LogP contribution in [0.25, 0.3) is 0 Å². The van der Waals surface area contributed by atoms with E-state index in [0.29, 0.717) is 11.2 Å². The Balaban J connectivity index is 1.92. The van der Waals surface area contributed by atoms with Gasteiger partial charge in [-0.05, 0) is 12.8 Å². The molecule has 8 heteroatoms. The van der Waals surface area contributed by atoms with E-state index in [-0.39, 0.29) is 11.2 Å². The topological polar surface area (TPSA) is 56.1 Å². The molecule has 0 aliphatic heterocycles. The lowest BCUT2D eigenvalue weighted by Crippen LogP contribution is -2.45. The van der Waals surface area contributed by atoms with Gasteiger partial charge in [0, 0.05) is 19.9 Å². The number of aromatic nitrogens is 2. The summed E-state index contributed by atoms with van der Waals surface area (Å²) in [5, 5.41) is 6.30. The first-order chi connectivity index (χ1) is 10.3. The van der Waals surface area contributed by atoms with E-state index in [1.165, 1.54) is 0 Å². The third-order valence-corrected chi connectivity index (χ3v) is 4.01. The summed E-state index contributed by atoms with van der Waals surface area (Å²) in [4.78, 5) is 12.0. The maximum Gasteiger partial charge on any atom is 0.408 e. The lowest BCUT2D eigenvalue weighted by atomic mass is 9.84. The Morgan fingerprint density at radius 1 is 1.41 bits per heavy atom. The van der Waals surface area contributed by atoms with Crippen LogP contribution in [0.3, 0.4) is 0 Å². The Labute approximate surface area is 126 Å². The van der Waals surface area contributed by atoms with E-state index in [9.17, 15) is 18.0 Å². The number of carbonyl (C=O) groups is 1. The Kier molecular flexibility index (Phi) is 5.10. The van der Waals surface area contributed by atoms with Crippen molar-refractivity contribution in [1.82, 2.24) is 15.1 Å². The first-order valence-electron chi connectivity index (χ1n) is 7.26. The van der Waals surface area contributed by atoms with E-state index >= 15 is 0 Å². The lowest BCUT2D eigenvalue weighted by molar-refractivity contribution is -0.142. The maximum atomic E-state index is 12.3. The Morgan fingerprint density at radius 3 is 2.68 bits per heavy atom. The van der Waals surface area contributed by atoms with Crippen molar-refractivity contribution in [3.8, 4) is 0 Å². The molecule has 0 radical (unpaired) electrons. The van der Waals surface area contributed by atoms with Gasteiger partial charge in [0.2, 0.25) is 0 Å². The van der Waals surface area contributed by atoms with Gasteiger partial charge in [-0.2, -0.15) is 18.3 Å². The largest absolute Gasteiger partial charge is 0.408 e. The van der Waals surface area contributed by atoms with Gasteiger partial charge in [0.1, 0.15) is 6.54 Å². The zero-order valence-corrected chi connectivity index (χ0v) is 12.4. The molecule has 124 valence electrons. The number of ether oxygens (including phenoxy) is 1.